The number of hydrogen-bond acceptors (Lipinski definition) is 1. The standard InChI is InChI=1S/C13H20NS/c1-13(12-11-14-9-10-15-12)7-5-3-2-4-6-8-13/h9-11H,2-8H2,1H3. The van der Waals surface area contributed by atoms with Crippen LogP contribution in [-0.4, -0.2) is 0 Å². The van der Waals surface area contributed by atoms with Gasteiger partial charge in [0.1, 0.15) is 0 Å². The van der Waals surface area contributed by atoms with Crippen molar-refractivity contribution in [1.29, 1.82) is 0 Å². The summed E-state index contributed by atoms with van der Waals surface area (Å²) in [6.45, 7) is 2.42. The Morgan fingerprint density at radius 2 is 1.80 bits per heavy atom. The van der Waals surface area contributed by atoms with Gasteiger partial charge >= 0.3 is 0 Å². The lowest BCUT2D eigenvalue weighted by molar-refractivity contribution is 0.302. The van der Waals surface area contributed by atoms with Gasteiger partial charge in [-0.2, -0.15) is 0 Å². The first-order chi connectivity index (χ1) is 7.31. The van der Waals surface area contributed by atoms with E-state index in [0.29, 0.717) is 5.41 Å². The molecule has 1 fully saturated rings. The van der Waals surface area contributed by atoms with E-state index >= 15 is 0 Å². The highest BCUT2D eigenvalue weighted by atomic mass is 32.2. The highest BCUT2D eigenvalue weighted by Gasteiger charge is 2.29. The molecule has 2 heteroatoms. The Morgan fingerprint density at radius 3 is 2.40 bits per heavy atom. The van der Waals surface area contributed by atoms with Crippen LogP contribution in [0, 0.1) is 5.41 Å². The number of nitrogens with zero attached hydrogens (tertiary/aromatic N) is 1. The zero-order valence-corrected chi connectivity index (χ0v) is 10.4. The fraction of sp³-hybridized carbons (Fsp3) is 0.692. The Kier molecular flexibility index (Phi) is 3.79. The van der Waals surface area contributed by atoms with Crippen molar-refractivity contribution in [3.8, 4) is 0 Å². The van der Waals surface area contributed by atoms with Gasteiger partial charge < -0.3 is 0 Å². The summed E-state index contributed by atoms with van der Waals surface area (Å²) in [7, 11) is 0. The maximum atomic E-state index is 4.27. The average Bonchev–Trinajstić information content (AvgIpc) is 2.25. The summed E-state index contributed by atoms with van der Waals surface area (Å²) >= 11 is 1.87. The van der Waals surface area contributed by atoms with Crippen molar-refractivity contribution in [1.82, 2.24) is 5.32 Å². The molecule has 15 heavy (non-hydrogen) atoms. The molecule has 1 aliphatic heterocycles. The maximum Gasteiger partial charge on any atom is 0.0372 e. The third-order valence-electron chi connectivity index (χ3n) is 3.59. The van der Waals surface area contributed by atoms with Crippen molar-refractivity contribution in [3.05, 3.63) is 22.7 Å². The molecule has 1 aliphatic carbocycles. The van der Waals surface area contributed by atoms with Gasteiger partial charge in [0.2, 0.25) is 0 Å². The van der Waals surface area contributed by atoms with Crippen molar-refractivity contribution in [2.45, 2.75) is 51.9 Å². The third-order valence-corrected chi connectivity index (χ3v) is 4.70. The van der Waals surface area contributed by atoms with E-state index < -0.39 is 0 Å². The second-order valence-electron chi connectivity index (χ2n) is 4.87. The van der Waals surface area contributed by atoms with Gasteiger partial charge in [-0.1, -0.05) is 50.8 Å². The summed E-state index contributed by atoms with van der Waals surface area (Å²) in [5.41, 5.74) is 0.402. The van der Waals surface area contributed by atoms with Gasteiger partial charge in [0.25, 0.3) is 0 Å². The molecule has 83 valence electrons. The molecule has 0 unspecified atom stereocenters. The van der Waals surface area contributed by atoms with Crippen LogP contribution in [0.15, 0.2) is 22.7 Å². The van der Waals surface area contributed by atoms with Gasteiger partial charge in [-0.3, -0.25) is 5.32 Å². The van der Waals surface area contributed by atoms with E-state index in [2.05, 4.69) is 23.8 Å². The molecule has 0 atom stereocenters. The summed E-state index contributed by atoms with van der Waals surface area (Å²) in [5, 5.41) is 6.38. The molecule has 0 aromatic heterocycles. The molecule has 1 saturated carbocycles. The van der Waals surface area contributed by atoms with E-state index in [4.69, 9.17) is 0 Å². The Hall–Kier alpha value is -0.370. The van der Waals surface area contributed by atoms with Crippen molar-refractivity contribution < 1.29 is 0 Å². The highest BCUT2D eigenvalue weighted by molar-refractivity contribution is 8.05. The van der Waals surface area contributed by atoms with Crippen LogP contribution in [0.2, 0.25) is 0 Å². The van der Waals surface area contributed by atoms with Gasteiger partial charge in [0.15, 0.2) is 0 Å². The van der Waals surface area contributed by atoms with Crippen LogP contribution in [0.5, 0.6) is 0 Å². The predicted molar refractivity (Wildman–Crippen MR) is 67.4 cm³/mol. The summed E-state index contributed by atoms with van der Waals surface area (Å²) in [5.74, 6) is 0. The largest absolute Gasteiger partial charge is 0.263 e. The van der Waals surface area contributed by atoms with E-state index in [1.165, 1.54) is 49.9 Å². The van der Waals surface area contributed by atoms with Crippen LogP contribution >= 0.6 is 11.8 Å². The van der Waals surface area contributed by atoms with Crippen molar-refractivity contribution in [2.24, 2.45) is 5.41 Å². The van der Waals surface area contributed by atoms with E-state index in [1.54, 1.807) is 0 Å². The molecule has 1 radical (unpaired) electrons. The van der Waals surface area contributed by atoms with E-state index in [0.717, 1.165) is 0 Å². The second-order valence-corrected chi connectivity index (χ2v) is 5.82. The van der Waals surface area contributed by atoms with Crippen molar-refractivity contribution >= 4 is 11.8 Å². The second kappa shape index (κ2) is 5.11. The predicted octanol–water partition coefficient (Wildman–Crippen LogP) is 4.40. The van der Waals surface area contributed by atoms with Crippen LogP contribution in [0.25, 0.3) is 0 Å². The molecule has 0 amide bonds. The van der Waals surface area contributed by atoms with E-state index in [9.17, 15) is 0 Å². The fourth-order valence-electron chi connectivity index (χ4n) is 2.51. The Labute approximate surface area is 97.4 Å². The van der Waals surface area contributed by atoms with E-state index in [-0.39, 0.29) is 0 Å². The first-order valence-electron chi connectivity index (χ1n) is 6.04. The first-order valence-corrected chi connectivity index (χ1v) is 6.91. The molecule has 0 spiro atoms. The summed E-state index contributed by atoms with van der Waals surface area (Å²) < 4.78 is 0. The summed E-state index contributed by atoms with van der Waals surface area (Å²) in [6, 6.07) is 0. The minimum absolute atomic E-state index is 0.402. The average molecular weight is 222 g/mol. The van der Waals surface area contributed by atoms with Gasteiger partial charge in [-0.25, -0.2) is 0 Å². The van der Waals surface area contributed by atoms with Crippen LogP contribution in [0.3, 0.4) is 0 Å². The smallest absolute Gasteiger partial charge is 0.0372 e. The molecular formula is C13H20NS. The minimum atomic E-state index is 0.402. The van der Waals surface area contributed by atoms with Gasteiger partial charge in [0, 0.05) is 22.7 Å². The number of thioether (sulfide) groups is 1. The first kappa shape index (κ1) is 11.1. The Balaban J connectivity index is 2.04. The van der Waals surface area contributed by atoms with Crippen LogP contribution in [-0.2, 0) is 0 Å². The molecule has 0 saturated heterocycles. The molecule has 0 aromatic rings. The lowest BCUT2D eigenvalue weighted by Crippen LogP contribution is -2.20. The SMILES string of the molecule is CC1(C2=C[N]C=CS2)CCCCCCC1. The monoisotopic (exact) mass is 222 g/mol. The van der Waals surface area contributed by atoms with Crippen LogP contribution < -0.4 is 5.32 Å². The summed E-state index contributed by atoms with van der Waals surface area (Å²) in [6.07, 6.45) is 13.7. The fourth-order valence-corrected chi connectivity index (χ4v) is 3.40. The zero-order valence-electron chi connectivity index (χ0n) is 9.54. The number of hydrogen-bond donors (Lipinski definition) is 0. The molecule has 0 bridgehead atoms. The molecule has 0 aromatic carbocycles. The molecule has 1 nitrogen and oxygen atoms in total. The molecule has 2 rings (SSSR count). The van der Waals surface area contributed by atoms with Crippen molar-refractivity contribution in [3.63, 3.8) is 0 Å². The number of allylic oxidation sites excluding steroid dienone is 1. The van der Waals surface area contributed by atoms with Crippen LogP contribution in [0.4, 0.5) is 0 Å². The minimum Gasteiger partial charge on any atom is -0.263 e. The Morgan fingerprint density at radius 1 is 1.13 bits per heavy atom. The molecule has 0 N–H and O–H groups in total. The molecule has 2 aliphatic rings. The quantitative estimate of drug-likeness (QED) is 0.641. The van der Waals surface area contributed by atoms with Gasteiger partial charge in [-0.05, 0) is 18.2 Å². The third kappa shape index (κ3) is 2.81. The summed E-state index contributed by atoms with van der Waals surface area (Å²) in [4.78, 5) is 1.48. The van der Waals surface area contributed by atoms with Crippen LogP contribution in [0.1, 0.15) is 51.9 Å². The van der Waals surface area contributed by atoms with Crippen molar-refractivity contribution in [2.75, 3.05) is 0 Å². The normalized spacial score (nSPS) is 26.1. The van der Waals surface area contributed by atoms with Gasteiger partial charge in [0.05, 0.1) is 0 Å². The lowest BCUT2D eigenvalue weighted by Gasteiger charge is -2.33. The van der Waals surface area contributed by atoms with E-state index in [1.807, 2.05) is 18.0 Å². The highest BCUT2D eigenvalue weighted by Crippen LogP contribution is 2.45. The Bertz CT molecular complexity index is 260. The lowest BCUT2D eigenvalue weighted by atomic mass is 9.77. The maximum absolute atomic E-state index is 4.27. The van der Waals surface area contributed by atoms with Gasteiger partial charge in [-0.15, -0.1) is 0 Å². The molecular weight excluding hydrogens is 202 g/mol. The number of rotatable bonds is 1. The zero-order chi connectivity index (χ0) is 10.6. The molecule has 1 heterocycles. The topological polar surface area (TPSA) is 14.1 Å².